The highest BCUT2D eigenvalue weighted by atomic mass is 32.1. The van der Waals surface area contributed by atoms with Gasteiger partial charge < -0.3 is 4.52 Å². The summed E-state index contributed by atoms with van der Waals surface area (Å²) in [6.45, 7) is 1.73. The predicted octanol–water partition coefficient (Wildman–Crippen LogP) is 2.99. The number of piperidine rings is 1. The second-order valence-corrected chi connectivity index (χ2v) is 6.52. The van der Waals surface area contributed by atoms with E-state index in [-0.39, 0.29) is 31.9 Å². The van der Waals surface area contributed by atoms with E-state index in [1.807, 2.05) is 0 Å². The summed E-state index contributed by atoms with van der Waals surface area (Å²) in [6, 6.07) is 0. The van der Waals surface area contributed by atoms with Crippen LogP contribution in [0.3, 0.4) is 0 Å². The Hall–Kier alpha value is 0.290. The van der Waals surface area contributed by atoms with Crippen molar-refractivity contribution in [3.63, 3.8) is 0 Å². The van der Waals surface area contributed by atoms with Crippen molar-refractivity contribution < 1.29 is 22.3 Å². The van der Waals surface area contributed by atoms with Crippen molar-refractivity contribution >= 4 is 20.1 Å². The SMILES string of the molecule is CP(=O)(OCS)N1CCC(C(F)(F)F)CC1. The molecular formula is C8H15F3NO2PS. The number of hydrogen-bond acceptors (Lipinski definition) is 3. The second-order valence-electron chi connectivity index (χ2n) is 3.83. The van der Waals surface area contributed by atoms with Gasteiger partial charge in [0.1, 0.15) is 0 Å². The third-order valence-electron chi connectivity index (χ3n) is 2.75. The van der Waals surface area contributed by atoms with Crippen LogP contribution in [0.4, 0.5) is 13.2 Å². The van der Waals surface area contributed by atoms with Crippen LogP contribution in [0.5, 0.6) is 0 Å². The van der Waals surface area contributed by atoms with Crippen LogP contribution in [-0.2, 0) is 9.09 Å². The fourth-order valence-corrected chi connectivity index (χ4v) is 3.72. The van der Waals surface area contributed by atoms with Crippen molar-refractivity contribution in [1.82, 2.24) is 4.67 Å². The number of hydrogen-bond donors (Lipinski definition) is 1. The molecule has 96 valence electrons. The zero-order chi connectivity index (χ0) is 12.4. The predicted molar refractivity (Wildman–Crippen MR) is 58.8 cm³/mol. The van der Waals surface area contributed by atoms with E-state index in [2.05, 4.69) is 12.6 Å². The van der Waals surface area contributed by atoms with Crippen molar-refractivity contribution in [1.29, 1.82) is 0 Å². The Labute approximate surface area is 98.2 Å². The first-order valence-corrected chi connectivity index (χ1v) is 7.58. The largest absolute Gasteiger partial charge is 0.391 e. The monoisotopic (exact) mass is 277 g/mol. The Morgan fingerprint density at radius 2 is 1.94 bits per heavy atom. The Kier molecular flexibility index (Phi) is 4.75. The van der Waals surface area contributed by atoms with Crippen molar-refractivity contribution in [3.8, 4) is 0 Å². The van der Waals surface area contributed by atoms with Gasteiger partial charge in [-0.3, -0.25) is 4.57 Å². The lowest BCUT2D eigenvalue weighted by Crippen LogP contribution is -2.37. The molecule has 1 saturated heterocycles. The van der Waals surface area contributed by atoms with Crippen LogP contribution in [0, 0.1) is 5.92 Å². The molecule has 16 heavy (non-hydrogen) atoms. The molecule has 1 unspecified atom stereocenters. The molecular weight excluding hydrogens is 262 g/mol. The molecule has 0 aromatic heterocycles. The van der Waals surface area contributed by atoms with Gasteiger partial charge in [0, 0.05) is 19.8 Å². The van der Waals surface area contributed by atoms with Gasteiger partial charge in [0.2, 0.25) is 0 Å². The third kappa shape index (κ3) is 3.65. The second kappa shape index (κ2) is 5.29. The van der Waals surface area contributed by atoms with Crippen molar-refractivity contribution in [2.45, 2.75) is 19.0 Å². The van der Waals surface area contributed by atoms with Crippen LogP contribution in [-0.4, -0.2) is 36.5 Å². The Bertz CT molecular complexity index is 279. The quantitative estimate of drug-likeness (QED) is 0.488. The topological polar surface area (TPSA) is 29.5 Å². The fourth-order valence-electron chi connectivity index (χ4n) is 1.75. The number of halogens is 3. The fraction of sp³-hybridized carbons (Fsp3) is 1.00. The highest BCUT2D eigenvalue weighted by Crippen LogP contribution is 2.50. The molecule has 1 aliphatic heterocycles. The molecule has 0 amide bonds. The van der Waals surface area contributed by atoms with Gasteiger partial charge in [-0.1, -0.05) is 0 Å². The molecule has 1 fully saturated rings. The minimum Gasteiger partial charge on any atom is -0.307 e. The van der Waals surface area contributed by atoms with Crippen LogP contribution in [0.2, 0.25) is 0 Å². The van der Waals surface area contributed by atoms with Crippen LogP contribution >= 0.6 is 20.1 Å². The van der Waals surface area contributed by atoms with E-state index in [1.54, 1.807) is 0 Å². The number of thiol groups is 1. The molecule has 0 saturated carbocycles. The molecule has 0 N–H and O–H groups in total. The van der Waals surface area contributed by atoms with Gasteiger partial charge in [-0.2, -0.15) is 25.8 Å². The van der Waals surface area contributed by atoms with Gasteiger partial charge in [-0.05, 0) is 12.8 Å². The van der Waals surface area contributed by atoms with Gasteiger partial charge in [0.15, 0.2) is 0 Å². The van der Waals surface area contributed by atoms with E-state index in [0.29, 0.717) is 0 Å². The Morgan fingerprint density at radius 3 is 2.31 bits per heavy atom. The summed E-state index contributed by atoms with van der Waals surface area (Å²) in [5.41, 5.74) is 0. The normalized spacial score (nSPS) is 24.3. The summed E-state index contributed by atoms with van der Waals surface area (Å²) < 4.78 is 55.5. The summed E-state index contributed by atoms with van der Waals surface area (Å²) >= 11 is 3.80. The van der Waals surface area contributed by atoms with Crippen molar-refractivity contribution in [3.05, 3.63) is 0 Å². The van der Waals surface area contributed by atoms with Crippen molar-refractivity contribution in [2.24, 2.45) is 5.92 Å². The maximum Gasteiger partial charge on any atom is 0.391 e. The summed E-state index contributed by atoms with van der Waals surface area (Å²) in [4.78, 5) is 0. The molecule has 0 radical (unpaired) electrons. The lowest BCUT2D eigenvalue weighted by molar-refractivity contribution is -0.183. The highest BCUT2D eigenvalue weighted by Gasteiger charge is 2.43. The van der Waals surface area contributed by atoms with Crippen LogP contribution in [0.15, 0.2) is 0 Å². The van der Waals surface area contributed by atoms with Gasteiger partial charge in [-0.25, -0.2) is 4.67 Å². The van der Waals surface area contributed by atoms with Crippen molar-refractivity contribution in [2.75, 3.05) is 25.7 Å². The zero-order valence-corrected chi connectivity index (χ0v) is 10.7. The molecule has 1 atom stereocenters. The van der Waals surface area contributed by atoms with E-state index in [1.165, 1.54) is 11.3 Å². The van der Waals surface area contributed by atoms with Gasteiger partial charge >= 0.3 is 6.18 Å². The summed E-state index contributed by atoms with van der Waals surface area (Å²) in [7, 11) is -2.96. The molecule has 8 heteroatoms. The minimum atomic E-state index is -4.14. The molecule has 1 rings (SSSR count). The zero-order valence-electron chi connectivity index (χ0n) is 8.90. The maximum atomic E-state index is 12.4. The van der Waals surface area contributed by atoms with Crippen LogP contribution in [0.25, 0.3) is 0 Å². The van der Waals surface area contributed by atoms with Crippen LogP contribution in [0.1, 0.15) is 12.8 Å². The molecule has 0 bridgehead atoms. The first-order chi connectivity index (χ1) is 7.27. The average molecular weight is 277 g/mol. The molecule has 1 aliphatic rings. The molecule has 0 spiro atoms. The smallest absolute Gasteiger partial charge is 0.307 e. The highest BCUT2D eigenvalue weighted by molar-refractivity contribution is 7.80. The minimum absolute atomic E-state index is 0.00692. The number of nitrogens with zero attached hydrogens (tertiary/aromatic N) is 1. The summed E-state index contributed by atoms with van der Waals surface area (Å²) in [5.74, 6) is -1.27. The van der Waals surface area contributed by atoms with E-state index < -0.39 is 19.6 Å². The Balaban J connectivity index is 2.52. The molecule has 0 aliphatic carbocycles. The maximum absolute atomic E-state index is 12.4. The Morgan fingerprint density at radius 1 is 1.44 bits per heavy atom. The number of rotatable bonds is 3. The summed E-state index contributed by atoms with van der Waals surface area (Å²) in [6.07, 6.45) is -4.18. The lowest BCUT2D eigenvalue weighted by Gasteiger charge is -2.35. The van der Waals surface area contributed by atoms with Gasteiger partial charge in [-0.15, -0.1) is 0 Å². The third-order valence-corrected chi connectivity index (χ3v) is 5.11. The van der Waals surface area contributed by atoms with Gasteiger partial charge in [0.25, 0.3) is 7.52 Å². The van der Waals surface area contributed by atoms with Gasteiger partial charge in [0.05, 0.1) is 11.9 Å². The average Bonchev–Trinajstić information content (AvgIpc) is 2.16. The van der Waals surface area contributed by atoms with E-state index in [4.69, 9.17) is 4.52 Å². The molecule has 0 aromatic rings. The van der Waals surface area contributed by atoms with E-state index in [9.17, 15) is 17.7 Å². The number of alkyl halides is 3. The van der Waals surface area contributed by atoms with E-state index >= 15 is 0 Å². The van der Waals surface area contributed by atoms with E-state index in [0.717, 1.165) is 0 Å². The first kappa shape index (κ1) is 14.4. The molecule has 3 nitrogen and oxygen atoms in total. The van der Waals surface area contributed by atoms with Crippen LogP contribution < -0.4 is 0 Å². The summed E-state index contributed by atoms with van der Waals surface area (Å²) in [5, 5.41) is 0. The molecule has 1 heterocycles. The molecule has 0 aromatic carbocycles. The standard InChI is InChI=1S/C8H15F3NO2PS/c1-15(13,14-6-16)12-4-2-7(3-5-12)8(9,10)11/h7,16H,2-6H2,1H3. The lowest BCUT2D eigenvalue weighted by atomic mass is 9.98. The first-order valence-electron chi connectivity index (χ1n) is 4.92.